The lowest BCUT2D eigenvalue weighted by atomic mass is 10.2. The highest BCUT2D eigenvalue weighted by Crippen LogP contribution is 2.37. The Bertz CT molecular complexity index is 685. The molecule has 2 aromatic carbocycles. The van der Waals surface area contributed by atoms with E-state index in [0.717, 1.165) is 11.3 Å². The highest BCUT2D eigenvalue weighted by atomic mass is 35.5. The van der Waals surface area contributed by atoms with Crippen LogP contribution in [0.5, 0.6) is 17.2 Å². The van der Waals surface area contributed by atoms with Gasteiger partial charge in [-0.05, 0) is 31.2 Å². The summed E-state index contributed by atoms with van der Waals surface area (Å²) in [7, 11) is 0. The first kappa shape index (κ1) is 13.8. The van der Waals surface area contributed by atoms with E-state index in [0.29, 0.717) is 28.9 Å². The molecule has 1 aliphatic heterocycles. The average molecular weight is 304 g/mol. The van der Waals surface area contributed by atoms with E-state index in [1.54, 1.807) is 12.3 Å². The van der Waals surface area contributed by atoms with Gasteiger partial charge in [0.25, 0.3) is 0 Å². The zero-order chi connectivity index (χ0) is 14.7. The maximum Gasteiger partial charge on any atom is 0.231 e. The molecule has 3 rings (SSSR count). The van der Waals surface area contributed by atoms with Gasteiger partial charge in [-0.1, -0.05) is 17.7 Å². The summed E-state index contributed by atoms with van der Waals surface area (Å²) in [5.41, 5.74) is 1.61. The van der Waals surface area contributed by atoms with Gasteiger partial charge in [-0.15, -0.1) is 0 Å². The molecule has 5 heteroatoms. The molecule has 1 aliphatic rings. The third-order valence-electron chi connectivity index (χ3n) is 2.97. The number of ether oxygens (including phenoxy) is 3. The number of halogens is 1. The van der Waals surface area contributed by atoms with Gasteiger partial charge < -0.3 is 14.2 Å². The minimum absolute atomic E-state index is 0.232. The van der Waals surface area contributed by atoms with E-state index in [2.05, 4.69) is 4.99 Å². The van der Waals surface area contributed by atoms with Crippen molar-refractivity contribution in [1.82, 2.24) is 0 Å². The molecule has 0 aliphatic carbocycles. The topological polar surface area (TPSA) is 40.0 Å². The van der Waals surface area contributed by atoms with Crippen molar-refractivity contribution in [2.75, 3.05) is 13.4 Å². The number of aliphatic imine (C=N–C) groups is 1. The van der Waals surface area contributed by atoms with Crippen LogP contribution in [0, 0.1) is 0 Å². The Morgan fingerprint density at radius 3 is 2.81 bits per heavy atom. The van der Waals surface area contributed by atoms with E-state index in [9.17, 15) is 0 Å². The molecule has 21 heavy (non-hydrogen) atoms. The third-order valence-corrected chi connectivity index (χ3v) is 3.20. The summed E-state index contributed by atoms with van der Waals surface area (Å²) in [4.78, 5) is 4.42. The van der Waals surface area contributed by atoms with E-state index in [1.807, 2.05) is 37.3 Å². The van der Waals surface area contributed by atoms with Crippen molar-refractivity contribution in [2.45, 2.75) is 6.92 Å². The minimum atomic E-state index is 0.232. The normalized spacial score (nSPS) is 12.9. The molecular formula is C16H14ClNO3. The largest absolute Gasteiger partial charge is 0.493 e. The van der Waals surface area contributed by atoms with Crippen LogP contribution in [0.4, 0.5) is 5.69 Å². The standard InChI is InChI=1S/C16H14ClNO3/c1-2-19-14-8-16-15(20-10-21-16)6-11(14)9-18-13-5-3-4-12(17)7-13/h3-9H,2,10H2,1H3. The van der Waals surface area contributed by atoms with Crippen molar-refractivity contribution in [3.63, 3.8) is 0 Å². The number of benzene rings is 2. The van der Waals surface area contributed by atoms with E-state index in [-0.39, 0.29) is 6.79 Å². The van der Waals surface area contributed by atoms with Crippen LogP contribution >= 0.6 is 11.6 Å². The van der Waals surface area contributed by atoms with E-state index in [1.165, 1.54) is 0 Å². The lowest BCUT2D eigenvalue weighted by molar-refractivity contribution is 0.174. The van der Waals surface area contributed by atoms with Gasteiger partial charge in [-0.3, -0.25) is 4.99 Å². The Morgan fingerprint density at radius 2 is 2.05 bits per heavy atom. The maximum atomic E-state index is 5.95. The summed E-state index contributed by atoms with van der Waals surface area (Å²) in [6, 6.07) is 11.0. The monoisotopic (exact) mass is 303 g/mol. The van der Waals surface area contributed by atoms with Crippen molar-refractivity contribution in [2.24, 2.45) is 4.99 Å². The van der Waals surface area contributed by atoms with Gasteiger partial charge in [0.2, 0.25) is 6.79 Å². The molecule has 2 aromatic rings. The first-order chi connectivity index (χ1) is 10.3. The van der Waals surface area contributed by atoms with Gasteiger partial charge in [0, 0.05) is 22.9 Å². The molecule has 0 N–H and O–H groups in total. The molecule has 0 amide bonds. The van der Waals surface area contributed by atoms with Crippen LogP contribution in [-0.2, 0) is 0 Å². The summed E-state index contributed by atoms with van der Waals surface area (Å²) in [5.74, 6) is 2.11. The van der Waals surface area contributed by atoms with E-state index in [4.69, 9.17) is 25.8 Å². The Kier molecular flexibility index (Phi) is 3.97. The van der Waals surface area contributed by atoms with Crippen LogP contribution in [0.2, 0.25) is 5.02 Å². The SMILES string of the molecule is CCOc1cc2c(cc1C=Nc1cccc(Cl)c1)OCO2. The summed E-state index contributed by atoms with van der Waals surface area (Å²) < 4.78 is 16.4. The van der Waals surface area contributed by atoms with Crippen LogP contribution in [0.25, 0.3) is 0 Å². The highest BCUT2D eigenvalue weighted by molar-refractivity contribution is 6.30. The Morgan fingerprint density at radius 1 is 1.24 bits per heavy atom. The first-order valence-corrected chi connectivity index (χ1v) is 7.00. The second-order valence-corrected chi connectivity index (χ2v) is 4.85. The molecule has 0 saturated heterocycles. The van der Waals surface area contributed by atoms with Gasteiger partial charge in [-0.25, -0.2) is 0 Å². The number of rotatable bonds is 4. The number of hydrogen-bond donors (Lipinski definition) is 0. The lowest BCUT2D eigenvalue weighted by Gasteiger charge is -2.08. The van der Waals surface area contributed by atoms with Gasteiger partial charge in [0.1, 0.15) is 5.75 Å². The van der Waals surface area contributed by atoms with Crippen LogP contribution in [-0.4, -0.2) is 19.6 Å². The summed E-state index contributed by atoms with van der Waals surface area (Å²) in [5, 5.41) is 0.653. The molecule has 0 fully saturated rings. The number of hydrogen-bond acceptors (Lipinski definition) is 4. The number of fused-ring (bicyclic) bond motifs is 1. The molecular weight excluding hydrogens is 290 g/mol. The number of nitrogens with zero attached hydrogens (tertiary/aromatic N) is 1. The predicted octanol–water partition coefficient (Wildman–Crippen LogP) is 4.22. The molecule has 1 heterocycles. The fourth-order valence-electron chi connectivity index (χ4n) is 2.02. The quantitative estimate of drug-likeness (QED) is 0.794. The molecule has 0 radical (unpaired) electrons. The Balaban J connectivity index is 1.93. The predicted molar refractivity (Wildman–Crippen MR) is 82.4 cm³/mol. The highest BCUT2D eigenvalue weighted by Gasteiger charge is 2.17. The van der Waals surface area contributed by atoms with E-state index < -0.39 is 0 Å². The molecule has 0 spiro atoms. The van der Waals surface area contributed by atoms with Crippen molar-refractivity contribution < 1.29 is 14.2 Å². The maximum absolute atomic E-state index is 5.95. The van der Waals surface area contributed by atoms with Crippen molar-refractivity contribution in [3.8, 4) is 17.2 Å². The van der Waals surface area contributed by atoms with Gasteiger partial charge in [-0.2, -0.15) is 0 Å². The van der Waals surface area contributed by atoms with Crippen molar-refractivity contribution in [1.29, 1.82) is 0 Å². The van der Waals surface area contributed by atoms with Crippen LogP contribution in [0.1, 0.15) is 12.5 Å². The van der Waals surface area contributed by atoms with Crippen LogP contribution in [0.3, 0.4) is 0 Å². The summed E-state index contributed by atoms with van der Waals surface area (Å²) >= 11 is 5.95. The van der Waals surface area contributed by atoms with E-state index >= 15 is 0 Å². The summed E-state index contributed by atoms with van der Waals surface area (Å²) in [6.07, 6.45) is 1.73. The molecule has 0 aromatic heterocycles. The Hall–Kier alpha value is -2.20. The fourth-order valence-corrected chi connectivity index (χ4v) is 2.21. The zero-order valence-corrected chi connectivity index (χ0v) is 12.3. The summed E-state index contributed by atoms with van der Waals surface area (Å²) in [6.45, 7) is 2.73. The third kappa shape index (κ3) is 3.11. The van der Waals surface area contributed by atoms with Gasteiger partial charge >= 0.3 is 0 Å². The second-order valence-electron chi connectivity index (χ2n) is 4.41. The van der Waals surface area contributed by atoms with Gasteiger partial charge in [0.05, 0.1) is 12.3 Å². The fraction of sp³-hybridized carbons (Fsp3) is 0.188. The lowest BCUT2D eigenvalue weighted by Crippen LogP contribution is -1.96. The first-order valence-electron chi connectivity index (χ1n) is 6.62. The molecule has 0 atom stereocenters. The van der Waals surface area contributed by atoms with Crippen molar-refractivity contribution in [3.05, 3.63) is 47.0 Å². The Labute approximate surface area is 127 Å². The molecule has 0 saturated carbocycles. The average Bonchev–Trinajstić information content (AvgIpc) is 2.92. The van der Waals surface area contributed by atoms with Gasteiger partial charge in [0.15, 0.2) is 11.5 Å². The molecule has 4 nitrogen and oxygen atoms in total. The minimum Gasteiger partial charge on any atom is -0.493 e. The van der Waals surface area contributed by atoms with Crippen LogP contribution < -0.4 is 14.2 Å². The molecule has 108 valence electrons. The smallest absolute Gasteiger partial charge is 0.231 e. The molecule has 0 bridgehead atoms. The van der Waals surface area contributed by atoms with Crippen molar-refractivity contribution >= 4 is 23.5 Å². The second kappa shape index (κ2) is 6.06. The molecule has 0 unspecified atom stereocenters. The zero-order valence-electron chi connectivity index (χ0n) is 11.5. The van der Waals surface area contributed by atoms with Crippen LogP contribution in [0.15, 0.2) is 41.4 Å².